The zero-order chi connectivity index (χ0) is 12.3. The molecule has 1 N–H and O–H groups in total. The molecule has 88 valence electrons. The fourth-order valence-electron chi connectivity index (χ4n) is 1.68. The molecule has 0 atom stereocenters. The Morgan fingerprint density at radius 1 is 1.35 bits per heavy atom. The van der Waals surface area contributed by atoms with Gasteiger partial charge < -0.3 is 5.11 Å². The van der Waals surface area contributed by atoms with Crippen LogP contribution in [-0.2, 0) is 16.1 Å². The summed E-state index contributed by atoms with van der Waals surface area (Å²) in [5, 5.41) is 14.0. The topological polar surface area (TPSA) is 70.0 Å². The van der Waals surface area contributed by atoms with Crippen molar-refractivity contribution < 1.29 is 14.7 Å². The van der Waals surface area contributed by atoms with Crippen LogP contribution in [0.15, 0.2) is 35.4 Å². The van der Waals surface area contributed by atoms with E-state index < -0.39 is 5.97 Å². The van der Waals surface area contributed by atoms with Gasteiger partial charge in [0.05, 0.1) is 25.1 Å². The first kappa shape index (κ1) is 11.3. The molecule has 17 heavy (non-hydrogen) atoms. The molecule has 2 rings (SSSR count). The molecule has 0 aromatic heterocycles. The summed E-state index contributed by atoms with van der Waals surface area (Å²) >= 11 is 0. The monoisotopic (exact) mass is 232 g/mol. The van der Waals surface area contributed by atoms with E-state index in [1.54, 1.807) is 0 Å². The highest BCUT2D eigenvalue weighted by Crippen LogP contribution is 2.14. The third kappa shape index (κ3) is 2.90. The lowest BCUT2D eigenvalue weighted by Gasteiger charge is -2.11. The van der Waals surface area contributed by atoms with E-state index in [-0.39, 0.29) is 18.7 Å². The maximum absolute atomic E-state index is 11.6. The van der Waals surface area contributed by atoms with Gasteiger partial charge in [-0.25, -0.2) is 5.01 Å². The van der Waals surface area contributed by atoms with Gasteiger partial charge in [0.25, 0.3) is 0 Å². The molecule has 5 heteroatoms. The molecule has 0 bridgehead atoms. The van der Waals surface area contributed by atoms with Crippen LogP contribution in [0.2, 0.25) is 0 Å². The fraction of sp³-hybridized carbons (Fsp3) is 0.250. The molecule has 0 unspecified atom stereocenters. The molecule has 1 amide bonds. The summed E-state index contributed by atoms with van der Waals surface area (Å²) in [6.07, 6.45) is -0.0594. The van der Waals surface area contributed by atoms with Gasteiger partial charge in [-0.2, -0.15) is 5.10 Å². The molecule has 1 aliphatic rings. The van der Waals surface area contributed by atoms with Crippen molar-refractivity contribution in [2.75, 3.05) is 0 Å². The standard InChI is InChI=1S/C12H12N2O3/c15-11-6-10(7-12(16)17)13-14(11)8-9-4-2-1-3-5-9/h1-5H,6-8H2,(H,16,17). The molecule has 1 aromatic rings. The zero-order valence-corrected chi connectivity index (χ0v) is 9.17. The number of carbonyl (C=O) groups is 2. The number of nitrogens with zero attached hydrogens (tertiary/aromatic N) is 2. The minimum atomic E-state index is -0.960. The normalized spacial score (nSPS) is 14.9. The van der Waals surface area contributed by atoms with E-state index in [9.17, 15) is 9.59 Å². The van der Waals surface area contributed by atoms with Crippen molar-refractivity contribution in [1.29, 1.82) is 0 Å². The minimum absolute atomic E-state index is 0.110. The SMILES string of the molecule is O=C(O)CC1=NN(Cc2ccccc2)C(=O)C1. The van der Waals surface area contributed by atoms with Crippen molar-refractivity contribution >= 4 is 17.6 Å². The van der Waals surface area contributed by atoms with Gasteiger partial charge in [-0.3, -0.25) is 9.59 Å². The van der Waals surface area contributed by atoms with Gasteiger partial charge in [0.2, 0.25) is 5.91 Å². The molecule has 0 saturated heterocycles. The van der Waals surface area contributed by atoms with Crippen molar-refractivity contribution in [1.82, 2.24) is 5.01 Å². The summed E-state index contributed by atoms with van der Waals surface area (Å²) in [6, 6.07) is 9.47. The van der Waals surface area contributed by atoms with Crippen LogP contribution in [0.3, 0.4) is 0 Å². The largest absolute Gasteiger partial charge is 0.481 e. The lowest BCUT2D eigenvalue weighted by atomic mass is 10.2. The molecule has 0 saturated carbocycles. The Morgan fingerprint density at radius 2 is 2.06 bits per heavy atom. The van der Waals surface area contributed by atoms with Crippen LogP contribution in [0.4, 0.5) is 0 Å². The number of carbonyl (C=O) groups excluding carboxylic acids is 1. The summed E-state index contributed by atoms with van der Waals surface area (Å²) in [7, 11) is 0. The van der Waals surface area contributed by atoms with Crippen molar-refractivity contribution in [2.45, 2.75) is 19.4 Å². The molecular weight excluding hydrogens is 220 g/mol. The molecule has 1 aromatic carbocycles. The Kier molecular flexibility index (Phi) is 3.18. The molecule has 0 fully saturated rings. The summed E-state index contributed by atoms with van der Waals surface area (Å²) in [5.41, 5.74) is 1.39. The highest BCUT2D eigenvalue weighted by atomic mass is 16.4. The third-order valence-electron chi connectivity index (χ3n) is 2.44. The van der Waals surface area contributed by atoms with Crippen molar-refractivity contribution in [3.63, 3.8) is 0 Å². The molecule has 1 heterocycles. The van der Waals surface area contributed by atoms with E-state index in [1.807, 2.05) is 30.3 Å². The Labute approximate surface area is 98.4 Å². The fourth-order valence-corrected chi connectivity index (χ4v) is 1.68. The second-order valence-electron chi connectivity index (χ2n) is 3.85. The van der Waals surface area contributed by atoms with Gasteiger partial charge in [0.15, 0.2) is 0 Å². The predicted octanol–water partition coefficient (Wildman–Crippen LogP) is 1.25. The van der Waals surface area contributed by atoms with E-state index in [1.165, 1.54) is 5.01 Å². The highest BCUT2D eigenvalue weighted by molar-refractivity contribution is 6.10. The second-order valence-corrected chi connectivity index (χ2v) is 3.85. The van der Waals surface area contributed by atoms with Crippen LogP contribution in [0.1, 0.15) is 18.4 Å². The van der Waals surface area contributed by atoms with Crippen LogP contribution in [0.25, 0.3) is 0 Å². The zero-order valence-electron chi connectivity index (χ0n) is 9.17. The number of amides is 1. The third-order valence-corrected chi connectivity index (χ3v) is 2.44. The van der Waals surface area contributed by atoms with Gasteiger partial charge >= 0.3 is 5.97 Å². The molecule has 0 aliphatic carbocycles. The van der Waals surface area contributed by atoms with Gasteiger partial charge in [0.1, 0.15) is 0 Å². The average molecular weight is 232 g/mol. The van der Waals surface area contributed by atoms with Crippen LogP contribution >= 0.6 is 0 Å². The molecule has 5 nitrogen and oxygen atoms in total. The van der Waals surface area contributed by atoms with Gasteiger partial charge in [-0.1, -0.05) is 30.3 Å². The van der Waals surface area contributed by atoms with E-state index in [4.69, 9.17) is 5.11 Å². The number of hydrogen-bond acceptors (Lipinski definition) is 3. The number of carboxylic acid groups (broad SMARTS) is 1. The van der Waals surface area contributed by atoms with Crippen LogP contribution < -0.4 is 0 Å². The van der Waals surface area contributed by atoms with Gasteiger partial charge in [-0.05, 0) is 5.56 Å². The number of hydrazone groups is 1. The lowest BCUT2D eigenvalue weighted by molar-refractivity contribution is -0.135. The number of benzene rings is 1. The predicted molar refractivity (Wildman–Crippen MR) is 61.3 cm³/mol. The van der Waals surface area contributed by atoms with Crippen LogP contribution in [0, 0.1) is 0 Å². The maximum atomic E-state index is 11.6. The summed E-state index contributed by atoms with van der Waals surface area (Å²) in [4.78, 5) is 22.1. The highest BCUT2D eigenvalue weighted by Gasteiger charge is 2.24. The summed E-state index contributed by atoms with van der Waals surface area (Å²) in [5.74, 6) is -1.11. The Bertz CT molecular complexity index is 468. The van der Waals surface area contributed by atoms with E-state index in [0.717, 1.165) is 5.56 Å². The smallest absolute Gasteiger partial charge is 0.309 e. The van der Waals surface area contributed by atoms with E-state index in [0.29, 0.717) is 12.3 Å². The van der Waals surface area contributed by atoms with E-state index in [2.05, 4.69) is 5.10 Å². The number of rotatable bonds is 4. The number of hydrogen-bond donors (Lipinski definition) is 1. The van der Waals surface area contributed by atoms with Gasteiger partial charge in [0, 0.05) is 0 Å². The van der Waals surface area contributed by atoms with Crippen LogP contribution in [-0.4, -0.2) is 27.7 Å². The number of carboxylic acids is 1. The molecule has 1 aliphatic heterocycles. The van der Waals surface area contributed by atoms with Crippen molar-refractivity contribution in [3.8, 4) is 0 Å². The van der Waals surface area contributed by atoms with Crippen molar-refractivity contribution in [3.05, 3.63) is 35.9 Å². The second kappa shape index (κ2) is 4.78. The first-order valence-electron chi connectivity index (χ1n) is 5.27. The Hall–Kier alpha value is -2.17. The molecule has 0 spiro atoms. The Balaban J connectivity index is 2.04. The molecule has 0 radical (unpaired) electrons. The summed E-state index contributed by atoms with van der Waals surface area (Å²) in [6.45, 7) is 0.392. The average Bonchev–Trinajstić information content (AvgIpc) is 2.59. The minimum Gasteiger partial charge on any atom is -0.481 e. The first-order valence-corrected chi connectivity index (χ1v) is 5.27. The lowest BCUT2D eigenvalue weighted by Crippen LogP contribution is -2.19. The van der Waals surface area contributed by atoms with Gasteiger partial charge in [-0.15, -0.1) is 0 Å². The quantitative estimate of drug-likeness (QED) is 0.849. The van der Waals surface area contributed by atoms with Crippen molar-refractivity contribution in [2.24, 2.45) is 5.10 Å². The van der Waals surface area contributed by atoms with Crippen LogP contribution in [0.5, 0.6) is 0 Å². The first-order chi connectivity index (χ1) is 8.15. The Morgan fingerprint density at radius 3 is 2.71 bits per heavy atom. The summed E-state index contributed by atoms with van der Waals surface area (Å²) < 4.78 is 0. The van der Waals surface area contributed by atoms with E-state index >= 15 is 0 Å². The number of aliphatic carboxylic acids is 1. The molecular formula is C12H12N2O3. The maximum Gasteiger partial charge on any atom is 0.309 e.